The van der Waals surface area contributed by atoms with Crippen molar-refractivity contribution in [2.24, 2.45) is 11.7 Å². The number of carbonyl (C=O) groups excluding carboxylic acids is 1. The SMILES string of the molecule is COC(=O)c1csc(C2(N)CCC(C)CC2)n1. The Morgan fingerprint density at radius 1 is 1.59 bits per heavy atom. The lowest BCUT2D eigenvalue weighted by atomic mass is 9.78. The lowest BCUT2D eigenvalue weighted by Crippen LogP contribution is -2.40. The van der Waals surface area contributed by atoms with E-state index in [4.69, 9.17) is 5.73 Å². The minimum absolute atomic E-state index is 0.344. The average molecular weight is 254 g/mol. The van der Waals surface area contributed by atoms with Gasteiger partial charge in [-0.3, -0.25) is 0 Å². The van der Waals surface area contributed by atoms with Gasteiger partial charge in [0.25, 0.3) is 0 Å². The van der Waals surface area contributed by atoms with Crippen LogP contribution in [0.5, 0.6) is 0 Å². The first kappa shape index (κ1) is 12.5. The third-order valence-electron chi connectivity index (χ3n) is 3.49. The summed E-state index contributed by atoms with van der Waals surface area (Å²) < 4.78 is 4.65. The molecule has 0 bridgehead atoms. The number of carbonyl (C=O) groups is 1. The first-order valence-corrected chi connectivity index (χ1v) is 6.76. The Morgan fingerprint density at radius 3 is 2.82 bits per heavy atom. The predicted molar refractivity (Wildman–Crippen MR) is 67.0 cm³/mol. The van der Waals surface area contributed by atoms with E-state index in [1.54, 1.807) is 5.38 Å². The molecule has 1 saturated carbocycles. The van der Waals surface area contributed by atoms with Gasteiger partial charge in [0.15, 0.2) is 5.69 Å². The second-order valence-electron chi connectivity index (χ2n) is 4.87. The van der Waals surface area contributed by atoms with Gasteiger partial charge in [0.05, 0.1) is 12.6 Å². The van der Waals surface area contributed by atoms with Gasteiger partial charge in [-0.15, -0.1) is 11.3 Å². The largest absolute Gasteiger partial charge is 0.464 e. The zero-order chi connectivity index (χ0) is 12.5. The fourth-order valence-electron chi connectivity index (χ4n) is 2.19. The van der Waals surface area contributed by atoms with E-state index in [-0.39, 0.29) is 11.5 Å². The lowest BCUT2D eigenvalue weighted by molar-refractivity contribution is 0.0594. The van der Waals surface area contributed by atoms with Gasteiger partial charge in [-0.1, -0.05) is 6.92 Å². The van der Waals surface area contributed by atoms with E-state index in [9.17, 15) is 4.79 Å². The molecule has 17 heavy (non-hydrogen) atoms. The predicted octanol–water partition coefficient (Wildman–Crippen LogP) is 2.29. The Bertz CT molecular complexity index is 408. The first-order chi connectivity index (χ1) is 8.05. The Kier molecular flexibility index (Phi) is 3.49. The normalized spacial score (nSPS) is 29.0. The van der Waals surface area contributed by atoms with E-state index in [2.05, 4.69) is 16.6 Å². The van der Waals surface area contributed by atoms with Crippen LogP contribution >= 0.6 is 11.3 Å². The van der Waals surface area contributed by atoms with Gasteiger partial charge in [0.2, 0.25) is 0 Å². The van der Waals surface area contributed by atoms with Gasteiger partial charge in [0, 0.05) is 5.38 Å². The van der Waals surface area contributed by atoms with Crippen LogP contribution < -0.4 is 5.73 Å². The van der Waals surface area contributed by atoms with E-state index in [1.165, 1.54) is 18.4 Å². The Balaban J connectivity index is 2.16. The van der Waals surface area contributed by atoms with Crippen molar-refractivity contribution < 1.29 is 9.53 Å². The van der Waals surface area contributed by atoms with Crippen molar-refractivity contribution in [3.05, 3.63) is 16.1 Å². The van der Waals surface area contributed by atoms with Crippen LogP contribution in [-0.4, -0.2) is 18.1 Å². The van der Waals surface area contributed by atoms with Gasteiger partial charge in [-0.25, -0.2) is 9.78 Å². The number of thiazole rings is 1. The van der Waals surface area contributed by atoms with Crippen LogP contribution in [-0.2, 0) is 10.3 Å². The molecule has 2 N–H and O–H groups in total. The zero-order valence-corrected chi connectivity index (χ0v) is 11.0. The fraction of sp³-hybridized carbons (Fsp3) is 0.667. The molecule has 1 fully saturated rings. The Hall–Kier alpha value is -0.940. The summed E-state index contributed by atoms with van der Waals surface area (Å²) in [5, 5.41) is 2.60. The van der Waals surface area contributed by atoms with Crippen LogP contribution in [0.1, 0.15) is 48.1 Å². The molecule has 2 rings (SSSR count). The molecule has 1 aliphatic carbocycles. The minimum atomic E-state index is -0.389. The summed E-state index contributed by atoms with van der Waals surface area (Å²) in [6.07, 6.45) is 4.15. The zero-order valence-electron chi connectivity index (χ0n) is 10.2. The number of methoxy groups -OCH3 is 1. The maximum atomic E-state index is 11.3. The van der Waals surface area contributed by atoms with Gasteiger partial charge >= 0.3 is 5.97 Å². The van der Waals surface area contributed by atoms with Crippen molar-refractivity contribution >= 4 is 17.3 Å². The third-order valence-corrected chi connectivity index (χ3v) is 4.55. The fourth-order valence-corrected chi connectivity index (χ4v) is 3.15. The summed E-state index contributed by atoms with van der Waals surface area (Å²) in [4.78, 5) is 15.7. The molecule has 0 aliphatic heterocycles. The highest BCUT2D eigenvalue weighted by Gasteiger charge is 2.35. The molecule has 0 unspecified atom stereocenters. The number of nitrogens with zero attached hydrogens (tertiary/aromatic N) is 1. The van der Waals surface area contributed by atoms with Crippen molar-refractivity contribution in [3.63, 3.8) is 0 Å². The quantitative estimate of drug-likeness (QED) is 0.822. The summed E-state index contributed by atoms with van der Waals surface area (Å²) in [5.41, 5.74) is 6.42. The van der Waals surface area contributed by atoms with Crippen molar-refractivity contribution in [1.29, 1.82) is 0 Å². The number of hydrogen-bond acceptors (Lipinski definition) is 5. The standard InChI is InChI=1S/C12H18N2O2S/c1-8-3-5-12(13,6-4-8)11-14-9(7-17-11)10(15)16-2/h7-8H,3-6,13H2,1-2H3. The summed E-state index contributed by atoms with van der Waals surface area (Å²) >= 11 is 1.46. The molecule has 5 heteroatoms. The molecule has 1 aromatic rings. The number of esters is 1. The first-order valence-electron chi connectivity index (χ1n) is 5.88. The van der Waals surface area contributed by atoms with Crippen LogP contribution in [0.15, 0.2) is 5.38 Å². The number of nitrogens with two attached hydrogens (primary N) is 1. The Labute approximate surface area is 105 Å². The van der Waals surface area contributed by atoms with E-state index in [1.807, 2.05) is 0 Å². The number of aromatic nitrogens is 1. The van der Waals surface area contributed by atoms with Gasteiger partial charge in [-0.05, 0) is 31.6 Å². The smallest absolute Gasteiger partial charge is 0.357 e. The highest BCUT2D eigenvalue weighted by Crippen LogP contribution is 2.38. The van der Waals surface area contributed by atoms with Crippen LogP contribution in [0.2, 0.25) is 0 Å². The number of hydrogen-bond donors (Lipinski definition) is 1. The summed E-state index contributed by atoms with van der Waals surface area (Å²) in [6, 6.07) is 0. The molecule has 0 radical (unpaired) electrons. The van der Waals surface area contributed by atoms with E-state index < -0.39 is 0 Å². The molecule has 0 aromatic carbocycles. The molecular weight excluding hydrogens is 236 g/mol. The topological polar surface area (TPSA) is 65.2 Å². The van der Waals surface area contributed by atoms with Crippen LogP contribution in [0, 0.1) is 5.92 Å². The molecule has 1 aromatic heterocycles. The van der Waals surface area contributed by atoms with Crippen molar-refractivity contribution in [1.82, 2.24) is 4.98 Å². The molecule has 4 nitrogen and oxygen atoms in total. The lowest BCUT2D eigenvalue weighted by Gasteiger charge is -2.34. The molecule has 0 spiro atoms. The van der Waals surface area contributed by atoms with Crippen LogP contribution in [0.3, 0.4) is 0 Å². The van der Waals surface area contributed by atoms with Crippen LogP contribution in [0.4, 0.5) is 0 Å². The van der Waals surface area contributed by atoms with Gasteiger partial charge in [0.1, 0.15) is 5.01 Å². The summed E-state index contributed by atoms with van der Waals surface area (Å²) in [5.74, 6) is 0.354. The molecule has 0 saturated heterocycles. The minimum Gasteiger partial charge on any atom is -0.464 e. The van der Waals surface area contributed by atoms with E-state index in [0.29, 0.717) is 5.69 Å². The third kappa shape index (κ3) is 2.50. The van der Waals surface area contributed by atoms with Gasteiger partial charge < -0.3 is 10.5 Å². The Morgan fingerprint density at radius 2 is 2.24 bits per heavy atom. The summed E-state index contributed by atoms with van der Waals surface area (Å²) in [6.45, 7) is 2.25. The second-order valence-corrected chi connectivity index (χ2v) is 5.73. The highest BCUT2D eigenvalue weighted by atomic mass is 32.1. The second kappa shape index (κ2) is 4.74. The monoisotopic (exact) mass is 254 g/mol. The van der Waals surface area contributed by atoms with Gasteiger partial charge in [-0.2, -0.15) is 0 Å². The summed E-state index contributed by atoms with van der Waals surface area (Å²) in [7, 11) is 1.36. The molecule has 94 valence electrons. The number of rotatable bonds is 2. The maximum Gasteiger partial charge on any atom is 0.357 e. The maximum absolute atomic E-state index is 11.3. The van der Waals surface area contributed by atoms with E-state index >= 15 is 0 Å². The van der Waals surface area contributed by atoms with E-state index in [0.717, 1.165) is 36.6 Å². The van der Waals surface area contributed by atoms with Crippen molar-refractivity contribution in [3.8, 4) is 0 Å². The van der Waals surface area contributed by atoms with Crippen molar-refractivity contribution in [2.45, 2.75) is 38.1 Å². The van der Waals surface area contributed by atoms with Crippen molar-refractivity contribution in [2.75, 3.05) is 7.11 Å². The number of ether oxygens (including phenoxy) is 1. The average Bonchev–Trinajstić information content (AvgIpc) is 2.82. The molecular formula is C12H18N2O2S. The molecule has 1 heterocycles. The molecule has 0 amide bonds. The molecule has 1 aliphatic rings. The highest BCUT2D eigenvalue weighted by molar-refractivity contribution is 7.10. The van der Waals surface area contributed by atoms with Crippen LogP contribution in [0.25, 0.3) is 0 Å². The molecule has 0 atom stereocenters.